The van der Waals surface area contributed by atoms with Gasteiger partial charge in [-0.15, -0.1) is 0 Å². The average molecular weight is 463 g/mol. The second-order valence-corrected chi connectivity index (χ2v) is 9.72. The second-order valence-electron chi connectivity index (χ2n) is 9.72. The molecule has 174 valence electrons. The van der Waals surface area contributed by atoms with Gasteiger partial charge in [0.1, 0.15) is 0 Å². The minimum atomic E-state index is -0.461. The third-order valence-corrected chi connectivity index (χ3v) is 7.58. The lowest BCUT2D eigenvalue weighted by Gasteiger charge is -2.39. The molecule has 36 heavy (non-hydrogen) atoms. The minimum Gasteiger partial charge on any atom is -0.0801 e. The highest BCUT2D eigenvalue weighted by atomic mass is 14.4. The van der Waals surface area contributed by atoms with Gasteiger partial charge in [-0.1, -0.05) is 145 Å². The zero-order valence-electron chi connectivity index (χ0n) is 20.7. The largest absolute Gasteiger partial charge is 0.0801 e. The highest BCUT2D eigenvalue weighted by Crippen LogP contribution is 2.50. The Hall–Kier alpha value is -4.16. The fourth-order valence-electron chi connectivity index (χ4n) is 5.90. The predicted octanol–water partition coefficient (Wildman–Crippen LogP) is 9.06. The molecule has 0 amide bonds. The Bertz CT molecular complexity index is 1450. The van der Waals surface area contributed by atoms with E-state index in [9.17, 15) is 0 Å². The normalized spacial score (nSPS) is 14.7. The Labute approximate surface area is 214 Å². The topological polar surface area (TPSA) is 0 Å². The maximum atomic E-state index is 2.36. The summed E-state index contributed by atoms with van der Waals surface area (Å²) in [7, 11) is 0. The van der Waals surface area contributed by atoms with Crippen molar-refractivity contribution in [1.29, 1.82) is 0 Å². The summed E-state index contributed by atoms with van der Waals surface area (Å²) in [5.41, 5.74) is 11.5. The third kappa shape index (κ3) is 3.71. The van der Waals surface area contributed by atoms with Gasteiger partial charge in [0.25, 0.3) is 0 Å². The Morgan fingerprint density at radius 2 is 1.08 bits per heavy atom. The molecule has 0 heterocycles. The van der Waals surface area contributed by atoms with E-state index in [1.807, 2.05) is 0 Å². The molecule has 0 spiro atoms. The van der Waals surface area contributed by atoms with Crippen LogP contribution in [0.5, 0.6) is 0 Å². The first-order chi connectivity index (χ1) is 17.8. The summed E-state index contributed by atoms with van der Waals surface area (Å²) in [6.07, 6.45) is 15.4. The van der Waals surface area contributed by atoms with Crippen LogP contribution in [0.4, 0.5) is 0 Å². The Balaban J connectivity index is 1.77. The van der Waals surface area contributed by atoms with E-state index >= 15 is 0 Å². The monoisotopic (exact) mass is 462 g/mol. The van der Waals surface area contributed by atoms with E-state index in [0.29, 0.717) is 0 Å². The lowest BCUT2D eigenvalue weighted by Crippen LogP contribution is -2.32. The van der Waals surface area contributed by atoms with Crippen molar-refractivity contribution in [3.05, 3.63) is 179 Å². The summed E-state index contributed by atoms with van der Waals surface area (Å²) in [4.78, 5) is 0. The highest BCUT2D eigenvalue weighted by molar-refractivity contribution is 5.87. The van der Waals surface area contributed by atoms with Gasteiger partial charge < -0.3 is 0 Å². The quantitative estimate of drug-likeness (QED) is 0.251. The second kappa shape index (κ2) is 9.47. The molecule has 0 radical (unpaired) electrons. The number of benzene rings is 4. The van der Waals surface area contributed by atoms with Crippen molar-refractivity contribution in [2.24, 2.45) is 0 Å². The summed E-state index contributed by atoms with van der Waals surface area (Å²) < 4.78 is 0. The van der Waals surface area contributed by atoms with Gasteiger partial charge in [-0.3, -0.25) is 0 Å². The summed E-state index contributed by atoms with van der Waals surface area (Å²) in [5.74, 6) is 0. The molecular weight excluding hydrogens is 432 g/mol. The summed E-state index contributed by atoms with van der Waals surface area (Å²) in [6, 6.07) is 38.2. The van der Waals surface area contributed by atoms with Crippen molar-refractivity contribution in [3.63, 3.8) is 0 Å². The maximum absolute atomic E-state index is 2.36. The Kier molecular flexibility index (Phi) is 5.87. The molecule has 0 bridgehead atoms. The van der Waals surface area contributed by atoms with Gasteiger partial charge in [0.2, 0.25) is 0 Å². The fourth-order valence-corrected chi connectivity index (χ4v) is 5.90. The first-order valence-corrected chi connectivity index (χ1v) is 12.8. The van der Waals surface area contributed by atoms with Crippen molar-refractivity contribution < 1.29 is 0 Å². The zero-order valence-corrected chi connectivity index (χ0v) is 20.7. The standard InChI is InChI=1S/C36H30/c1-27-23-25-32(26-24-27)36(30-17-4-2-5-18-30,31-19-6-3-7-20-31)34-22-12-21-33(28-13-8-9-14-28)35(34)29-15-10-11-16-29/h2-13,15,17-26H,14,16H2,1H3. The molecule has 2 aliphatic carbocycles. The molecule has 4 aromatic carbocycles. The van der Waals surface area contributed by atoms with Crippen LogP contribution in [0.25, 0.3) is 11.1 Å². The highest BCUT2D eigenvalue weighted by Gasteiger charge is 2.41. The van der Waals surface area contributed by atoms with E-state index in [0.717, 1.165) is 12.8 Å². The molecule has 0 saturated heterocycles. The van der Waals surface area contributed by atoms with Gasteiger partial charge in [0, 0.05) is 0 Å². The molecule has 4 aromatic rings. The fraction of sp³-hybridized carbons (Fsp3) is 0.111. The number of aryl methyl sites for hydroxylation is 1. The molecule has 0 aliphatic heterocycles. The minimum absolute atomic E-state index is 0.461. The van der Waals surface area contributed by atoms with Crippen molar-refractivity contribution >= 4 is 11.1 Å². The first kappa shape index (κ1) is 22.3. The average Bonchev–Trinajstić information content (AvgIpc) is 3.66. The Morgan fingerprint density at radius 3 is 1.64 bits per heavy atom. The molecule has 0 fully saturated rings. The Morgan fingerprint density at radius 1 is 0.528 bits per heavy atom. The molecule has 0 heteroatoms. The summed E-state index contributed by atoms with van der Waals surface area (Å²) in [6.45, 7) is 2.16. The molecule has 0 saturated carbocycles. The van der Waals surface area contributed by atoms with Gasteiger partial charge in [-0.2, -0.15) is 0 Å². The SMILES string of the molecule is Cc1ccc(C(c2ccccc2)(c2ccccc2)c2cccc(C3=CC=CC3)c2C2=CC=CC2)cc1. The van der Waals surface area contributed by atoms with E-state index in [4.69, 9.17) is 0 Å². The van der Waals surface area contributed by atoms with E-state index < -0.39 is 5.41 Å². The third-order valence-electron chi connectivity index (χ3n) is 7.58. The van der Waals surface area contributed by atoms with Gasteiger partial charge in [0.15, 0.2) is 0 Å². The van der Waals surface area contributed by atoms with Crippen LogP contribution < -0.4 is 0 Å². The maximum Gasteiger partial charge on any atom is 0.0707 e. The number of allylic oxidation sites excluding steroid dienone is 8. The van der Waals surface area contributed by atoms with E-state index in [2.05, 4.69) is 147 Å². The molecule has 2 aliphatic rings. The van der Waals surface area contributed by atoms with Crippen LogP contribution in [0.2, 0.25) is 0 Å². The molecule has 0 N–H and O–H groups in total. The summed E-state index contributed by atoms with van der Waals surface area (Å²) >= 11 is 0. The van der Waals surface area contributed by atoms with Crippen LogP contribution in [-0.2, 0) is 5.41 Å². The van der Waals surface area contributed by atoms with Crippen molar-refractivity contribution in [1.82, 2.24) is 0 Å². The summed E-state index contributed by atoms with van der Waals surface area (Å²) in [5, 5.41) is 0. The van der Waals surface area contributed by atoms with E-state index in [-0.39, 0.29) is 0 Å². The van der Waals surface area contributed by atoms with Crippen LogP contribution in [-0.4, -0.2) is 0 Å². The zero-order chi connectivity index (χ0) is 24.4. The van der Waals surface area contributed by atoms with Crippen molar-refractivity contribution in [2.45, 2.75) is 25.2 Å². The van der Waals surface area contributed by atoms with Crippen LogP contribution >= 0.6 is 0 Å². The van der Waals surface area contributed by atoms with E-state index in [1.165, 1.54) is 50.1 Å². The van der Waals surface area contributed by atoms with Crippen LogP contribution in [0.15, 0.2) is 140 Å². The van der Waals surface area contributed by atoms with Gasteiger partial charge >= 0.3 is 0 Å². The lowest BCUT2D eigenvalue weighted by atomic mass is 9.62. The van der Waals surface area contributed by atoms with Crippen molar-refractivity contribution in [3.8, 4) is 0 Å². The molecule has 0 aromatic heterocycles. The lowest BCUT2D eigenvalue weighted by molar-refractivity contribution is 0.741. The first-order valence-electron chi connectivity index (χ1n) is 12.8. The predicted molar refractivity (Wildman–Crippen MR) is 153 cm³/mol. The van der Waals surface area contributed by atoms with Gasteiger partial charge in [-0.25, -0.2) is 0 Å². The molecular formula is C36H30. The number of rotatable bonds is 6. The molecule has 0 unspecified atom stereocenters. The van der Waals surface area contributed by atoms with Crippen LogP contribution in [0.3, 0.4) is 0 Å². The van der Waals surface area contributed by atoms with Gasteiger partial charge in [-0.05, 0) is 64.3 Å². The molecule has 6 rings (SSSR count). The molecule has 0 atom stereocenters. The smallest absolute Gasteiger partial charge is 0.0707 e. The van der Waals surface area contributed by atoms with Crippen LogP contribution in [0.1, 0.15) is 51.8 Å². The number of hydrogen-bond acceptors (Lipinski definition) is 0. The van der Waals surface area contributed by atoms with E-state index in [1.54, 1.807) is 0 Å². The number of hydrogen-bond donors (Lipinski definition) is 0. The van der Waals surface area contributed by atoms with Crippen molar-refractivity contribution in [2.75, 3.05) is 0 Å². The van der Waals surface area contributed by atoms with Gasteiger partial charge in [0.05, 0.1) is 5.41 Å². The van der Waals surface area contributed by atoms with Crippen LogP contribution in [0, 0.1) is 6.92 Å². The molecule has 0 nitrogen and oxygen atoms in total.